The molecule has 1 amide bonds. The van der Waals surface area contributed by atoms with Crippen LogP contribution in [0.1, 0.15) is 39.7 Å². The Morgan fingerprint density at radius 3 is 2.40 bits per heavy atom. The number of alkyl carbamates (subject to hydrolysis) is 1. The predicted molar refractivity (Wildman–Crippen MR) is 103 cm³/mol. The lowest BCUT2D eigenvalue weighted by Crippen LogP contribution is -2.42. The lowest BCUT2D eigenvalue weighted by Gasteiger charge is -2.19. The summed E-state index contributed by atoms with van der Waals surface area (Å²) in [5, 5.41) is 9.13. The number of ether oxygens (including phenoxy) is 1. The summed E-state index contributed by atoms with van der Waals surface area (Å²) in [7, 11) is 0. The van der Waals surface area contributed by atoms with E-state index in [4.69, 9.17) is 4.74 Å². The van der Waals surface area contributed by atoms with Crippen molar-refractivity contribution >= 4 is 12.1 Å². The van der Waals surface area contributed by atoms with Crippen LogP contribution in [0, 0.1) is 0 Å². The summed E-state index contributed by atoms with van der Waals surface area (Å²) in [6.07, 6.45) is 1.61. The monoisotopic (exact) mass is 348 g/mol. The topological polar surface area (TPSA) is 74.8 Å². The molecule has 6 nitrogen and oxygen atoms in total. The third-order valence-corrected chi connectivity index (χ3v) is 3.17. The number of carbonyl (C=O) groups excluding carboxylic acids is 1. The number of rotatable bonds is 8. The first-order valence-electron chi connectivity index (χ1n) is 8.93. The van der Waals surface area contributed by atoms with E-state index in [1.807, 2.05) is 33.8 Å². The van der Waals surface area contributed by atoms with Gasteiger partial charge in [0.05, 0.1) is 0 Å². The molecule has 3 N–H and O–H groups in total. The van der Waals surface area contributed by atoms with Gasteiger partial charge >= 0.3 is 6.09 Å². The molecule has 25 heavy (non-hydrogen) atoms. The Kier molecular flexibility index (Phi) is 9.43. The number of hydrogen-bond donors (Lipinski definition) is 3. The van der Waals surface area contributed by atoms with E-state index in [1.165, 1.54) is 5.56 Å². The van der Waals surface area contributed by atoms with Crippen molar-refractivity contribution in [1.29, 1.82) is 0 Å². The van der Waals surface area contributed by atoms with Crippen LogP contribution in [0.5, 0.6) is 0 Å². The average molecular weight is 348 g/mol. The Labute approximate surface area is 151 Å². The van der Waals surface area contributed by atoms with Gasteiger partial charge in [-0.1, -0.05) is 30.3 Å². The minimum atomic E-state index is -0.480. The summed E-state index contributed by atoms with van der Waals surface area (Å²) in [6, 6.07) is 10.4. The normalized spacial score (nSPS) is 11.8. The van der Waals surface area contributed by atoms with Gasteiger partial charge in [0.15, 0.2) is 5.96 Å². The average Bonchev–Trinajstić information content (AvgIpc) is 2.54. The molecule has 0 aliphatic carbocycles. The standard InChI is InChI=1S/C19H32N4O2/c1-5-20-17(21-13-9-12-16-10-7-6-8-11-16)22-14-15-23-18(24)25-19(2,3)4/h6-8,10-11H,5,9,12-15H2,1-4H3,(H,23,24)(H2,20,21,22). The Hall–Kier alpha value is -2.24. The highest BCUT2D eigenvalue weighted by Crippen LogP contribution is 2.06. The van der Waals surface area contributed by atoms with Gasteiger partial charge in [0.25, 0.3) is 0 Å². The van der Waals surface area contributed by atoms with Gasteiger partial charge in [-0.15, -0.1) is 0 Å². The predicted octanol–water partition coefficient (Wildman–Crippen LogP) is 2.70. The first kappa shape index (κ1) is 20.8. The number of guanidine groups is 1. The van der Waals surface area contributed by atoms with E-state index in [9.17, 15) is 4.79 Å². The van der Waals surface area contributed by atoms with Crippen molar-refractivity contribution < 1.29 is 9.53 Å². The van der Waals surface area contributed by atoms with Crippen LogP contribution in [0.3, 0.4) is 0 Å². The highest BCUT2D eigenvalue weighted by atomic mass is 16.6. The van der Waals surface area contributed by atoms with Crippen molar-refractivity contribution in [2.45, 2.75) is 46.1 Å². The molecule has 0 radical (unpaired) electrons. The molecule has 1 aromatic rings. The van der Waals surface area contributed by atoms with Crippen molar-refractivity contribution in [2.75, 3.05) is 26.2 Å². The summed E-state index contributed by atoms with van der Waals surface area (Å²) in [4.78, 5) is 16.1. The second kappa shape index (κ2) is 11.3. The second-order valence-corrected chi connectivity index (χ2v) is 6.71. The Morgan fingerprint density at radius 2 is 1.76 bits per heavy atom. The SMILES string of the molecule is CCNC(=NCCCc1ccccc1)NCCNC(=O)OC(C)(C)C. The lowest BCUT2D eigenvalue weighted by atomic mass is 10.1. The van der Waals surface area contributed by atoms with Crippen LogP contribution in [0.15, 0.2) is 35.3 Å². The molecule has 0 heterocycles. The van der Waals surface area contributed by atoms with Gasteiger partial charge < -0.3 is 20.7 Å². The van der Waals surface area contributed by atoms with Crippen LogP contribution >= 0.6 is 0 Å². The molecule has 1 rings (SSSR count). The van der Waals surface area contributed by atoms with E-state index >= 15 is 0 Å². The summed E-state index contributed by atoms with van der Waals surface area (Å²) >= 11 is 0. The molecule has 6 heteroatoms. The summed E-state index contributed by atoms with van der Waals surface area (Å²) < 4.78 is 5.19. The fraction of sp³-hybridized carbons (Fsp3) is 0.579. The largest absolute Gasteiger partial charge is 0.444 e. The number of aryl methyl sites for hydroxylation is 1. The first-order valence-corrected chi connectivity index (χ1v) is 8.93. The third kappa shape index (κ3) is 11.0. The zero-order valence-electron chi connectivity index (χ0n) is 15.9. The summed E-state index contributed by atoms with van der Waals surface area (Å²) in [5.74, 6) is 0.765. The van der Waals surface area contributed by atoms with Crippen LogP contribution in [0.25, 0.3) is 0 Å². The van der Waals surface area contributed by atoms with E-state index < -0.39 is 11.7 Å². The second-order valence-electron chi connectivity index (χ2n) is 6.71. The number of nitrogens with one attached hydrogen (secondary N) is 3. The van der Waals surface area contributed by atoms with E-state index in [-0.39, 0.29) is 0 Å². The molecule has 0 aliphatic heterocycles. The number of nitrogens with zero attached hydrogens (tertiary/aromatic N) is 1. The molecule has 0 aromatic heterocycles. The van der Waals surface area contributed by atoms with Gasteiger partial charge in [-0.3, -0.25) is 4.99 Å². The molecule has 0 saturated heterocycles. The Balaban J connectivity index is 2.25. The highest BCUT2D eigenvalue weighted by molar-refractivity contribution is 5.79. The molecule has 0 unspecified atom stereocenters. The van der Waals surface area contributed by atoms with Crippen LogP contribution in [0.4, 0.5) is 4.79 Å². The molecule has 140 valence electrons. The number of carbonyl (C=O) groups is 1. The van der Waals surface area contributed by atoms with Gasteiger partial charge in [-0.05, 0) is 46.1 Å². The molecule has 0 fully saturated rings. The number of benzene rings is 1. The van der Waals surface area contributed by atoms with Crippen LogP contribution < -0.4 is 16.0 Å². The number of amides is 1. The van der Waals surface area contributed by atoms with Gasteiger partial charge in [0, 0.05) is 26.2 Å². The van der Waals surface area contributed by atoms with Crippen LogP contribution in [0.2, 0.25) is 0 Å². The molecule has 0 atom stereocenters. The van der Waals surface area contributed by atoms with Gasteiger partial charge in [0.1, 0.15) is 5.60 Å². The van der Waals surface area contributed by atoms with Crippen LogP contribution in [-0.2, 0) is 11.2 Å². The van der Waals surface area contributed by atoms with Gasteiger partial charge in [-0.25, -0.2) is 4.79 Å². The van der Waals surface area contributed by atoms with Crippen molar-refractivity contribution in [2.24, 2.45) is 4.99 Å². The van der Waals surface area contributed by atoms with E-state index in [2.05, 4.69) is 45.2 Å². The maximum absolute atomic E-state index is 11.6. The maximum Gasteiger partial charge on any atom is 0.407 e. The third-order valence-electron chi connectivity index (χ3n) is 3.17. The van der Waals surface area contributed by atoms with Crippen molar-refractivity contribution in [3.8, 4) is 0 Å². The van der Waals surface area contributed by atoms with E-state index in [0.717, 1.165) is 31.9 Å². The minimum Gasteiger partial charge on any atom is -0.444 e. The zero-order valence-corrected chi connectivity index (χ0v) is 15.9. The first-order chi connectivity index (χ1) is 11.9. The Bertz CT molecular complexity index is 524. The molecule has 1 aromatic carbocycles. The molecule has 0 aliphatic rings. The smallest absolute Gasteiger partial charge is 0.407 e. The summed E-state index contributed by atoms with van der Waals surface area (Å²) in [6.45, 7) is 10.2. The maximum atomic E-state index is 11.6. The molecule has 0 bridgehead atoms. The Morgan fingerprint density at radius 1 is 1.08 bits per heavy atom. The minimum absolute atomic E-state index is 0.404. The fourth-order valence-corrected chi connectivity index (χ4v) is 2.12. The van der Waals surface area contributed by atoms with Crippen molar-refractivity contribution in [1.82, 2.24) is 16.0 Å². The van der Waals surface area contributed by atoms with E-state index in [1.54, 1.807) is 0 Å². The van der Waals surface area contributed by atoms with Gasteiger partial charge in [-0.2, -0.15) is 0 Å². The molecular weight excluding hydrogens is 316 g/mol. The quantitative estimate of drug-likeness (QED) is 0.384. The zero-order chi connectivity index (χ0) is 18.5. The molecule has 0 saturated carbocycles. The fourth-order valence-electron chi connectivity index (χ4n) is 2.12. The van der Waals surface area contributed by atoms with E-state index in [0.29, 0.717) is 13.1 Å². The molecular formula is C19H32N4O2. The summed E-state index contributed by atoms with van der Waals surface area (Å²) in [5.41, 5.74) is 0.851. The lowest BCUT2D eigenvalue weighted by molar-refractivity contribution is 0.0529. The van der Waals surface area contributed by atoms with Crippen LogP contribution in [-0.4, -0.2) is 43.8 Å². The number of hydrogen-bond acceptors (Lipinski definition) is 3. The molecule has 0 spiro atoms. The highest BCUT2D eigenvalue weighted by Gasteiger charge is 2.15. The number of aliphatic imine (C=N–C) groups is 1. The van der Waals surface area contributed by atoms with Crippen molar-refractivity contribution in [3.05, 3.63) is 35.9 Å². The van der Waals surface area contributed by atoms with Crippen molar-refractivity contribution in [3.63, 3.8) is 0 Å². The van der Waals surface area contributed by atoms with Gasteiger partial charge in [0.2, 0.25) is 0 Å².